The first kappa shape index (κ1) is 13.5. The third-order valence-corrected chi connectivity index (χ3v) is 0.963. The number of halogens is 6. The van der Waals surface area contributed by atoms with Crippen LogP contribution in [0.3, 0.4) is 0 Å². The molecule has 0 saturated heterocycles. The quantitative estimate of drug-likeness (QED) is 0.388. The molecule has 0 aliphatic carbocycles. The Morgan fingerprint density at radius 3 is 1.30 bits per heavy atom. The second kappa shape index (κ2) is 7.98. The van der Waals surface area contributed by atoms with Crippen LogP contribution in [0.25, 0.3) is 0 Å². The van der Waals surface area contributed by atoms with Gasteiger partial charge >= 0.3 is 0 Å². The van der Waals surface area contributed by atoms with Gasteiger partial charge in [-0.3, -0.25) is 0 Å². The van der Waals surface area contributed by atoms with Crippen molar-refractivity contribution in [2.75, 3.05) is 0 Å². The standard InChI is InChI=1S/C3H3Cl2F3.ClH3Si/c4-2(5)1(6)3(7)8;1-2/h1-3H;2H3. The molecule has 0 aliphatic rings. The molecule has 0 radical (unpaired) electrons. The molecule has 0 aromatic rings. The molecule has 0 amide bonds. The molecule has 0 aromatic carbocycles. The normalized spacial score (nSPS) is 13.2. The second-order valence-corrected chi connectivity index (χ2v) is 2.28. The average molecular weight is 234 g/mol. The minimum absolute atomic E-state index is 0.778. The van der Waals surface area contributed by atoms with Gasteiger partial charge in [-0.05, 0) is 0 Å². The Labute approximate surface area is 74.8 Å². The van der Waals surface area contributed by atoms with Gasteiger partial charge in [0.15, 0.2) is 6.17 Å². The molecule has 0 nitrogen and oxygen atoms in total. The molecule has 0 fully saturated rings. The molecule has 0 saturated carbocycles. The van der Waals surface area contributed by atoms with Gasteiger partial charge in [0, 0.05) is 0 Å². The largest absolute Gasteiger partial charge is 0.272 e. The zero-order valence-electron chi connectivity index (χ0n) is 5.00. The highest BCUT2D eigenvalue weighted by molar-refractivity contribution is 6.80. The summed E-state index contributed by atoms with van der Waals surface area (Å²) in [5, 5.41) is 0. The summed E-state index contributed by atoms with van der Waals surface area (Å²) < 4.78 is 33.9. The highest BCUT2D eigenvalue weighted by Gasteiger charge is 2.25. The summed E-state index contributed by atoms with van der Waals surface area (Å²) in [4.78, 5) is -1.63. The Hall–Kier alpha value is 0.877. The SMILES string of the molecule is FC(F)C(F)C(Cl)Cl.[SiH3]Cl. The van der Waals surface area contributed by atoms with Crippen LogP contribution in [-0.4, -0.2) is 27.0 Å². The minimum Gasteiger partial charge on any atom is -0.238 e. The van der Waals surface area contributed by atoms with Crippen LogP contribution in [0.1, 0.15) is 0 Å². The van der Waals surface area contributed by atoms with Crippen molar-refractivity contribution in [3.63, 3.8) is 0 Å². The van der Waals surface area contributed by atoms with Gasteiger partial charge in [0.05, 0.1) is 0 Å². The maximum Gasteiger partial charge on any atom is 0.272 e. The zero-order chi connectivity index (χ0) is 8.73. The van der Waals surface area contributed by atoms with Crippen molar-refractivity contribution in [3.05, 3.63) is 0 Å². The number of hydrogen-bond donors (Lipinski definition) is 0. The Balaban J connectivity index is 0. The second-order valence-electron chi connectivity index (χ2n) is 1.11. The smallest absolute Gasteiger partial charge is 0.238 e. The molecule has 7 heteroatoms. The molecular formula is C3H6Cl3F3Si. The van der Waals surface area contributed by atoms with E-state index < -0.39 is 17.4 Å². The summed E-state index contributed by atoms with van der Waals surface area (Å²) in [6.45, 7) is 0. The molecule has 0 N–H and O–H groups in total. The van der Waals surface area contributed by atoms with Crippen LogP contribution >= 0.6 is 34.3 Å². The predicted molar refractivity (Wildman–Crippen MR) is 42.2 cm³/mol. The summed E-state index contributed by atoms with van der Waals surface area (Å²) in [7, 11) is 0.778. The van der Waals surface area contributed by atoms with E-state index >= 15 is 0 Å². The van der Waals surface area contributed by atoms with Crippen LogP contribution in [-0.2, 0) is 0 Å². The lowest BCUT2D eigenvalue weighted by atomic mass is 10.5. The lowest BCUT2D eigenvalue weighted by Crippen LogP contribution is -2.19. The van der Waals surface area contributed by atoms with Crippen LogP contribution in [0.2, 0.25) is 0 Å². The van der Waals surface area contributed by atoms with Crippen LogP contribution in [0, 0.1) is 0 Å². The van der Waals surface area contributed by atoms with Crippen LogP contribution in [0.5, 0.6) is 0 Å². The van der Waals surface area contributed by atoms with Crippen molar-refractivity contribution < 1.29 is 13.2 Å². The topological polar surface area (TPSA) is 0 Å². The maximum atomic E-state index is 11.6. The lowest BCUT2D eigenvalue weighted by Gasteiger charge is -2.04. The van der Waals surface area contributed by atoms with E-state index in [1.807, 2.05) is 0 Å². The van der Waals surface area contributed by atoms with E-state index in [0.29, 0.717) is 0 Å². The summed E-state index contributed by atoms with van der Waals surface area (Å²) in [5.41, 5.74) is 0. The molecule has 0 spiro atoms. The summed E-state index contributed by atoms with van der Waals surface area (Å²) in [6.07, 6.45) is -5.52. The van der Waals surface area contributed by atoms with Crippen molar-refractivity contribution in [1.29, 1.82) is 0 Å². The summed E-state index contributed by atoms with van der Waals surface area (Å²) in [6, 6.07) is 0. The van der Waals surface area contributed by atoms with E-state index in [1.54, 1.807) is 0 Å². The van der Waals surface area contributed by atoms with Gasteiger partial charge in [-0.2, -0.15) is 11.1 Å². The monoisotopic (exact) mass is 232 g/mol. The first-order chi connectivity index (χ1) is 4.55. The van der Waals surface area contributed by atoms with Crippen LogP contribution < -0.4 is 0 Å². The molecule has 0 aliphatic heterocycles. The first-order valence-electron chi connectivity index (χ1n) is 2.14. The van der Waals surface area contributed by atoms with E-state index in [-0.39, 0.29) is 0 Å². The van der Waals surface area contributed by atoms with Gasteiger partial charge < -0.3 is 0 Å². The molecule has 0 rings (SSSR count). The van der Waals surface area contributed by atoms with Gasteiger partial charge in [-0.1, -0.05) is 0 Å². The first-order valence-corrected chi connectivity index (χ1v) is 6.03. The van der Waals surface area contributed by atoms with E-state index in [2.05, 4.69) is 0 Å². The Bertz CT molecular complexity index is 64.0. The molecule has 1 atom stereocenters. The van der Waals surface area contributed by atoms with E-state index in [9.17, 15) is 13.2 Å². The average Bonchev–Trinajstić information content (AvgIpc) is 1.90. The fourth-order valence-corrected chi connectivity index (χ4v) is 0.330. The van der Waals surface area contributed by atoms with E-state index in [4.69, 9.17) is 34.3 Å². The van der Waals surface area contributed by atoms with Crippen molar-refractivity contribution in [1.82, 2.24) is 0 Å². The predicted octanol–water partition coefficient (Wildman–Crippen LogP) is 1.90. The van der Waals surface area contributed by atoms with Crippen molar-refractivity contribution in [2.45, 2.75) is 17.4 Å². The van der Waals surface area contributed by atoms with E-state index in [0.717, 1.165) is 9.55 Å². The molecule has 1 unspecified atom stereocenters. The van der Waals surface area contributed by atoms with Crippen LogP contribution in [0.4, 0.5) is 13.2 Å². The highest BCUT2D eigenvalue weighted by Crippen LogP contribution is 2.17. The van der Waals surface area contributed by atoms with Gasteiger partial charge in [0.25, 0.3) is 6.43 Å². The minimum atomic E-state index is -3.09. The highest BCUT2D eigenvalue weighted by atomic mass is 35.6. The summed E-state index contributed by atoms with van der Waals surface area (Å²) in [5.74, 6) is 0. The van der Waals surface area contributed by atoms with Gasteiger partial charge in [0.1, 0.15) is 14.4 Å². The van der Waals surface area contributed by atoms with Crippen molar-refractivity contribution in [3.8, 4) is 0 Å². The third-order valence-electron chi connectivity index (χ3n) is 0.481. The fourth-order valence-electron chi connectivity index (χ4n) is 0.110. The molecular weight excluding hydrogens is 227 g/mol. The lowest BCUT2D eigenvalue weighted by molar-refractivity contribution is 0.0573. The van der Waals surface area contributed by atoms with E-state index in [1.165, 1.54) is 0 Å². The molecule has 64 valence electrons. The Morgan fingerprint density at radius 2 is 1.30 bits per heavy atom. The third kappa shape index (κ3) is 6.99. The number of hydrogen-bond acceptors (Lipinski definition) is 0. The Kier molecular flexibility index (Phi) is 10.7. The molecule has 0 bridgehead atoms. The molecule has 0 aromatic heterocycles. The fraction of sp³-hybridized carbons (Fsp3) is 1.00. The maximum absolute atomic E-state index is 11.6. The van der Waals surface area contributed by atoms with Crippen LogP contribution in [0.15, 0.2) is 0 Å². The van der Waals surface area contributed by atoms with Gasteiger partial charge in [0.2, 0.25) is 0 Å². The van der Waals surface area contributed by atoms with Crippen molar-refractivity contribution in [2.24, 2.45) is 0 Å². The van der Waals surface area contributed by atoms with Crippen molar-refractivity contribution >= 4 is 43.8 Å². The number of alkyl halides is 5. The zero-order valence-corrected chi connectivity index (χ0v) is 9.27. The summed E-state index contributed by atoms with van der Waals surface area (Å²) >= 11 is 14.2. The Morgan fingerprint density at radius 1 is 1.00 bits per heavy atom. The number of rotatable bonds is 2. The van der Waals surface area contributed by atoms with Gasteiger partial charge in [-0.25, -0.2) is 13.2 Å². The molecule has 10 heavy (non-hydrogen) atoms. The molecule has 0 heterocycles. The van der Waals surface area contributed by atoms with Gasteiger partial charge in [-0.15, -0.1) is 23.2 Å².